The monoisotopic (exact) mass is 293 g/mol. The van der Waals surface area contributed by atoms with Crippen molar-refractivity contribution in [3.63, 3.8) is 0 Å². The van der Waals surface area contributed by atoms with Gasteiger partial charge in [-0.1, -0.05) is 0 Å². The molecular weight excluding hydrogens is 274 g/mol. The molecular formula is C15H19NO5. The molecule has 2 N–H and O–H groups in total. The van der Waals surface area contributed by atoms with E-state index in [4.69, 9.17) is 14.6 Å². The molecule has 1 aliphatic rings. The van der Waals surface area contributed by atoms with Crippen molar-refractivity contribution in [3.05, 3.63) is 23.8 Å². The molecule has 1 aromatic carbocycles. The van der Waals surface area contributed by atoms with Crippen molar-refractivity contribution in [1.29, 1.82) is 0 Å². The van der Waals surface area contributed by atoms with Gasteiger partial charge in [-0.25, -0.2) is 0 Å². The predicted molar refractivity (Wildman–Crippen MR) is 75.8 cm³/mol. The minimum Gasteiger partial charge on any atom is -0.497 e. The maximum Gasteiger partial charge on any atom is 0.306 e. The number of benzene rings is 1. The van der Waals surface area contributed by atoms with Crippen LogP contribution in [0.5, 0.6) is 11.5 Å². The Morgan fingerprint density at radius 2 is 1.76 bits per heavy atom. The molecule has 2 unspecified atom stereocenters. The third-order valence-corrected chi connectivity index (χ3v) is 3.73. The molecule has 1 aliphatic carbocycles. The number of hydrogen-bond acceptors (Lipinski definition) is 4. The smallest absolute Gasteiger partial charge is 0.306 e. The van der Waals surface area contributed by atoms with Crippen molar-refractivity contribution < 1.29 is 24.2 Å². The molecule has 21 heavy (non-hydrogen) atoms. The van der Waals surface area contributed by atoms with Crippen LogP contribution in [0, 0.1) is 5.92 Å². The van der Waals surface area contributed by atoms with Gasteiger partial charge in [0.15, 0.2) is 0 Å². The van der Waals surface area contributed by atoms with Crippen molar-refractivity contribution in [1.82, 2.24) is 5.32 Å². The second-order valence-electron chi connectivity index (χ2n) is 5.12. The molecule has 1 amide bonds. The van der Waals surface area contributed by atoms with Crippen LogP contribution in [-0.2, 0) is 4.79 Å². The average molecular weight is 293 g/mol. The van der Waals surface area contributed by atoms with E-state index in [1.807, 2.05) is 0 Å². The first-order valence-electron chi connectivity index (χ1n) is 6.80. The lowest BCUT2D eigenvalue weighted by Gasteiger charge is -2.14. The topological polar surface area (TPSA) is 84.9 Å². The normalized spacial score (nSPS) is 20.9. The zero-order valence-corrected chi connectivity index (χ0v) is 12.1. The Kier molecular flexibility index (Phi) is 4.67. The largest absolute Gasteiger partial charge is 0.497 e. The fourth-order valence-corrected chi connectivity index (χ4v) is 2.54. The standard InChI is InChI=1S/C15H19NO5/c1-20-12-6-10(7-13(8-12)21-2)14(17)16-11-4-3-9(5-11)15(18)19/h6-9,11H,3-5H2,1-2H3,(H,16,17)(H,18,19). The Hall–Kier alpha value is -2.24. The molecule has 0 spiro atoms. The highest BCUT2D eigenvalue weighted by molar-refractivity contribution is 5.95. The maximum atomic E-state index is 12.2. The number of methoxy groups -OCH3 is 2. The number of rotatable bonds is 5. The van der Waals surface area contributed by atoms with Gasteiger partial charge in [-0.15, -0.1) is 0 Å². The van der Waals surface area contributed by atoms with Gasteiger partial charge in [-0.2, -0.15) is 0 Å². The van der Waals surface area contributed by atoms with E-state index in [1.165, 1.54) is 14.2 Å². The number of carboxylic acids is 1. The summed E-state index contributed by atoms with van der Waals surface area (Å²) in [7, 11) is 3.04. The zero-order chi connectivity index (χ0) is 15.4. The Morgan fingerprint density at radius 3 is 2.24 bits per heavy atom. The Labute approximate surface area is 123 Å². The molecule has 0 heterocycles. The summed E-state index contributed by atoms with van der Waals surface area (Å²) in [6, 6.07) is 4.84. The molecule has 114 valence electrons. The van der Waals surface area contributed by atoms with E-state index in [0.29, 0.717) is 36.3 Å². The first-order chi connectivity index (χ1) is 10.0. The van der Waals surface area contributed by atoms with Crippen LogP contribution in [0.3, 0.4) is 0 Å². The number of carbonyl (C=O) groups is 2. The lowest BCUT2D eigenvalue weighted by molar-refractivity contribution is -0.141. The average Bonchev–Trinajstić information content (AvgIpc) is 2.95. The number of ether oxygens (including phenoxy) is 2. The predicted octanol–water partition coefficient (Wildman–Crippen LogP) is 1.69. The second-order valence-corrected chi connectivity index (χ2v) is 5.12. The quantitative estimate of drug-likeness (QED) is 0.863. The van der Waals surface area contributed by atoms with E-state index in [0.717, 1.165) is 0 Å². The minimum atomic E-state index is -0.796. The van der Waals surface area contributed by atoms with Crippen LogP contribution in [0.15, 0.2) is 18.2 Å². The van der Waals surface area contributed by atoms with Gasteiger partial charge in [0.05, 0.1) is 20.1 Å². The summed E-state index contributed by atoms with van der Waals surface area (Å²) < 4.78 is 10.3. The van der Waals surface area contributed by atoms with E-state index >= 15 is 0 Å². The lowest BCUT2D eigenvalue weighted by Crippen LogP contribution is -2.33. The van der Waals surface area contributed by atoms with E-state index in [9.17, 15) is 9.59 Å². The van der Waals surface area contributed by atoms with Crippen LogP contribution >= 0.6 is 0 Å². The molecule has 6 nitrogen and oxygen atoms in total. The molecule has 2 atom stereocenters. The van der Waals surface area contributed by atoms with E-state index in [2.05, 4.69) is 5.32 Å². The van der Waals surface area contributed by atoms with Gasteiger partial charge >= 0.3 is 5.97 Å². The summed E-state index contributed by atoms with van der Waals surface area (Å²) >= 11 is 0. The van der Waals surface area contributed by atoms with Gasteiger partial charge < -0.3 is 19.9 Å². The first-order valence-corrected chi connectivity index (χ1v) is 6.80. The highest BCUT2D eigenvalue weighted by Crippen LogP contribution is 2.27. The van der Waals surface area contributed by atoms with Crippen LogP contribution in [0.2, 0.25) is 0 Å². The summed E-state index contributed by atoms with van der Waals surface area (Å²) in [5, 5.41) is 11.8. The van der Waals surface area contributed by atoms with Crippen molar-refractivity contribution in [2.24, 2.45) is 5.92 Å². The van der Waals surface area contributed by atoms with Crippen molar-refractivity contribution in [2.75, 3.05) is 14.2 Å². The highest BCUT2D eigenvalue weighted by Gasteiger charge is 2.30. The van der Waals surface area contributed by atoms with E-state index in [1.54, 1.807) is 18.2 Å². The van der Waals surface area contributed by atoms with E-state index < -0.39 is 5.97 Å². The molecule has 2 rings (SSSR count). The summed E-state index contributed by atoms with van der Waals surface area (Å²) in [6.07, 6.45) is 1.76. The number of carbonyl (C=O) groups excluding carboxylic acids is 1. The number of amides is 1. The van der Waals surface area contributed by atoms with Crippen LogP contribution < -0.4 is 14.8 Å². The Balaban J connectivity index is 2.05. The van der Waals surface area contributed by atoms with Gasteiger partial charge in [-0.3, -0.25) is 9.59 Å². The first kappa shape index (κ1) is 15.2. The van der Waals surface area contributed by atoms with Crippen molar-refractivity contribution in [3.8, 4) is 11.5 Å². The molecule has 1 fully saturated rings. The molecule has 0 saturated heterocycles. The summed E-state index contributed by atoms with van der Waals surface area (Å²) in [5.74, 6) is -0.336. The minimum absolute atomic E-state index is 0.101. The zero-order valence-electron chi connectivity index (χ0n) is 12.1. The number of carboxylic acid groups (broad SMARTS) is 1. The highest BCUT2D eigenvalue weighted by atomic mass is 16.5. The molecule has 0 aliphatic heterocycles. The van der Waals surface area contributed by atoms with Gasteiger partial charge in [0.1, 0.15) is 11.5 Å². The van der Waals surface area contributed by atoms with Crippen molar-refractivity contribution in [2.45, 2.75) is 25.3 Å². The van der Waals surface area contributed by atoms with Gasteiger partial charge in [0.25, 0.3) is 5.91 Å². The fraction of sp³-hybridized carbons (Fsp3) is 0.467. The maximum absolute atomic E-state index is 12.2. The molecule has 0 aromatic heterocycles. The molecule has 1 aromatic rings. The third kappa shape index (κ3) is 3.65. The molecule has 0 radical (unpaired) electrons. The van der Waals surface area contributed by atoms with Crippen LogP contribution in [0.25, 0.3) is 0 Å². The molecule has 6 heteroatoms. The third-order valence-electron chi connectivity index (χ3n) is 3.73. The lowest BCUT2D eigenvalue weighted by atomic mass is 10.1. The van der Waals surface area contributed by atoms with Gasteiger partial charge in [0.2, 0.25) is 0 Å². The SMILES string of the molecule is COc1cc(OC)cc(C(=O)NC2CCC(C(=O)O)C2)c1. The second kappa shape index (κ2) is 6.47. The van der Waals surface area contributed by atoms with Crippen molar-refractivity contribution >= 4 is 11.9 Å². The Morgan fingerprint density at radius 1 is 1.14 bits per heavy atom. The number of aliphatic carboxylic acids is 1. The number of hydrogen-bond donors (Lipinski definition) is 2. The summed E-state index contributed by atoms with van der Waals surface area (Å²) in [6.45, 7) is 0. The van der Waals surface area contributed by atoms with Crippen LogP contribution in [-0.4, -0.2) is 37.2 Å². The van der Waals surface area contributed by atoms with Gasteiger partial charge in [0, 0.05) is 17.7 Å². The Bertz CT molecular complexity index is 521. The van der Waals surface area contributed by atoms with Gasteiger partial charge in [-0.05, 0) is 31.4 Å². The summed E-state index contributed by atoms with van der Waals surface area (Å²) in [4.78, 5) is 23.2. The van der Waals surface area contributed by atoms with E-state index in [-0.39, 0.29) is 17.9 Å². The fourth-order valence-electron chi connectivity index (χ4n) is 2.54. The van der Waals surface area contributed by atoms with Crippen LogP contribution in [0.1, 0.15) is 29.6 Å². The number of nitrogens with one attached hydrogen (secondary N) is 1. The molecule has 1 saturated carbocycles. The van der Waals surface area contributed by atoms with Crippen LogP contribution in [0.4, 0.5) is 0 Å². The molecule has 0 bridgehead atoms. The summed E-state index contributed by atoms with van der Waals surface area (Å²) in [5.41, 5.74) is 0.435.